The van der Waals surface area contributed by atoms with Crippen molar-refractivity contribution in [3.8, 4) is 0 Å². The molecule has 27 heteroatoms. The number of aliphatic carboxylic acids is 4. The van der Waals surface area contributed by atoms with Crippen LogP contribution in [0.4, 0.5) is 48.3 Å². The van der Waals surface area contributed by atoms with Crippen LogP contribution in [-0.4, -0.2) is 156 Å². The van der Waals surface area contributed by atoms with Crippen LogP contribution in [0.3, 0.4) is 0 Å². The van der Waals surface area contributed by atoms with Crippen molar-refractivity contribution in [1.82, 2.24) is 38.4 Å². The van der Waals surface area contributed by atoms with Crippen LogP contribution in [0.15, 0.2) is 188 Å². The molecule has 668 valence electrons. The van der Waals surface area contributed by atoms with E-state index in [1.54, 1.807) is 39.8 Å². The van der Waals surface area contributed by atoms with E-state index in [1.807, 2.05) is 90.0 Å². The standard InChI is InChI=1S/C26H26N2O2.2C25H24F4N2O2.C25H25F3N2O2/c1-16-12-21-20-4-2-3-5-22(20)27-24(21)25(28(16)26-13-18(14-26)15-26)19-9-6-17(7-10-19)8-11-23(29)30;1-14-10-19-22(23(28)18-6-4-5-9-30(18)19)24(31(14)13-25(2,3)29)21-16(26)11-15(12-17(21)27)7-8-20(32)33;1-25(2,29)13-31-15(12-26)11-17-16-5-3-4-6-20(16)30-23(17)24(31)22-18(27)9-14(10-19(22)28)7-8-21(32)33;1-15-10-21-18(13-17-6-4-5-9-29(17)21)24(30(15)14-25(2,3)28)23-19(26)11-16(12-20(23)27)7-8-22(31)32/h2-11,16,18,25,27H,12-15H2,1H3,(H,29,30);4-9,11-12,14,24H,10,13H2,1-3H3,(H,32,33);3-10,15,24,30H,11-13H2,1-2H3,(H,32,33);4-9,11-13,15,24H,10,14H2,1-3H3,(H,31,32)/b11-8+;3*8-7+. The van der Waals surface area contributed by atoms with Crippen molar-refractivity contribution < 1.29 is 87.9 Å². The molecule has 2 bridgehead atoms. The summed E-state index contributed by atoms with van der Waals surface area (Å²) in [6, 6.07) is 39.7. The Balaban J connectivity index is 0.000000131. The number of fused-ring (bicyclic) bond motifs is 12. The monoisotopic (exact) mass is 1760 g/mol. The molecule has 4 aliphatic heterocycles. The van der Waals surface area contributed by atoms with Crippen LogP contribution >= 0.6 is 0 Å². The first-order valence-corrected chi connectivity index (χ1v) is 42.6. The highest BCUT2D eigenvalue weighted by Gasteiger charge is 2.63. The van der Waals surface area contributed by atoms with Crippen LogP contribution in [0, 0.1) is 46.6 Å². The van der Waals surface area contributed by atoms with E-state index in [9.17, 15) is 36.7 Å². The number of rotatable bonds is 20. The molecule has 0 spiro atoms. The van der Waals surface area contributed by atoms with E-state index in [-0.39, 0.29) is 83.1 Å². The van der Waals surface area contributed by atoms with Gasteiger partial charge in [-0.3, -0.25) is 19.6 Å². The average molecular weight is 1760 g/mol. The lowest BCUT2D eigenvalue weighted by molar-refractivity contribution is -0.174. The summed E-state index contributed by atoms with van der Waals surface area (Å²) in [5, 5.41) is 37.5. The summed E-state index contributed by atoms with van der Waals surface area (Å²) >= 11 is 0. The lowest BCUT2D eigenvalue weighted by atomic mass is 9.48. The summed E-state index contributed by atoms with van der Waals surface area (Å²) in [4.78, 5) is 57.8. The molecule has 12 aromatic rings. The number of hydrogen-bond donors (Lipinski definition) is 6. The summed E-state index contributed by atoms with van der Waals surface area (Å²) in [5.41, 5.74) is 6.40. The number of aromatic amines is 2. The molecule has 7 aliphatic rings. The van der Waals surface area contributed by atoms with E-state index in [0.29, 0.717) is 35.8 Å². The predicted octanol–water partition coefficient (Wildman–Crippen LogP) is 21.7. The SMILES string of the molecule is CC(C)(F)CN1C(CF)Cc2c([nH]c3ccccc23)C1c1c(F)cc(/C=C/C(=O)O)cc1F.CC1Cc2c([nH]c3ccccc23)C(c2ccc(/C=C/C(=O)O)cc2)N1C12CC(C1)C2.CC1Cc2c(c(F)c3ccccn23)C(c2c(F)cc(/C=C/C(=O)O)cc2F)N1CC(C)(C)F.CC1Cc2c(cc3ccccn23)C(c2c(F)cc(/C=C/C(=O)O)cc2F)N1CC(C)(C)F. The topological polar surface area (TPSA) is 203 Å². The Kier molecular flexibility index (Phi) is 25.4. The molecule has 6 N–H and O–H groups in total. The predicted molar refractivity (Wildman–Crippen MR) is 471 cm³/mol. The van der Waals surface area contributed by atoms with Gasteiger partial charge in [-0.2, -0.15) is 0 Å². The lowest BCUT2D eigenvalue weighted by Crippen LogP contribution is -2.71. The van der Waals surface area contributed by atoms with E-state index in [4.69, 9.17) is 20.4 Å². The van der Waals surface area contributed by atoms with E-state index in [2.05, 4.69) is 58.2 Å². The number of nitrogens with one attached hydrogen (secondary N) is 2. The van der Waals surface area contributed by atoms with Crippen LogP contribution in [0.1, 0.15) is 195 Å². The molecule has 19 rings (SSSR count). The van der Waals surface area contributed by atoms with Gasteiger partial charge in [0.15, 0.2) is 5.82 Å². The lowest BCUT2D eigenvalue weighted by Gasteiger charge is -2.70. The van der Waals surface area contributed by atoms with Crippen LogP contribution in [0.2, 0.25) is 0 Å². The van der Waals surface area contributed by atoms with Gasteiger partial charge in [-0.05, 0) is 248 Å². The first-order chi connectivity index (χ1) is 60.6. The smallest absolute Gasteiger partial charge is 0.328 e. The van der Waals surface area contributed by atoms with Crippen LogP contribution in [-0.2, 0) is 44.9 Å². The number of carboxylic acids is 4. The van der Waals surface area contributed by atoms with Gasteiger partial charge in [0, 0.05) is 171 Å². The normalized spacial score (nSPS) is 21.9. The summed E-state index contributed by atoms with van der Waals surface area (Å²) in [6.07, 6.45) is 18.5. The number of alkyl halides is 4. The number of pyridine rings is 2. The maximum atomic E-state index is 15.7. The van der Waals surface area contributed by atoms with Gasteiger partial charge in [0.1, 0.15) is 58.6 Å². The number of para-hydroxylation sites is 2. The van der Waals surface area contributed by atoms with Gasteiger partial charge in [0.05, 0.1) is 29.7 Å². The van der Waals surface area contributed by atoms with Crippen LogP contribution in [0.5, 0.6) is 0 Å². The number of carboxylic acid groups (broad SMARTS) is 4. The number of H-pyrrole nitrogens is 2. The maximum absolute atomic E-state index is 15.7. The molecule has 0 radical (unpaired) electrons. The second-order valence-electron chi connectivity index (χ2n) is 36.4. The highest BCUT2D eigenvalue weighted by atomic mass is 19.2. The Morgan fingerprint density at radius 2 is 0.844 bits per heavy atom. The van der Waals surface area contributed by atoms with Gasteiger partial charge in [-0.25, -0.2) is 67.5 Å². The number of aromatic nitrogens is 4. The quantitative estimate of drug-likeness (QED) is 0.0312. The highest BCUT2D eigenvalue weighted by molar-refractivity contribution is 5.89. The molecular weight excluding hydrogens is 1660 g/mol. The van der Waals surface area contributed by atoms with Crippen molar-refractivity contribution in [2.24, 2.45) is 5.92 Å². The Morgan fingerprint density at radius 1 is 0.438 bits per heavy atom. The molecule has 0 amide bonds. The minimum atomic E-state index is -1.74. The zero-order chi connectivity index (χ0) is 91.7. The summed E-state index contributed by atoms with van der Waals surface area (Å²) in [7, 11) is 0. The number of hydrogen-bond acceptors (Lipinski definition) is 8. The van der Waals surface area contributed by atoms with Crippen LogP contribution in [0.25, 0.3) is 57.1 Å². The molecule has 6 aromatic carbocycles. The van der Waals surface area contributed by atoms with Gasteiger partial charge >= 0.3 is 23.9 Å². The molecule has 3 aliphatic carbocycles. The molecule has 6 aromatic heterocycles. The number of nitrogens with zero attached hydrogens (tertiary/aromatic N) is 6. The van der Waals surface area contributed by atoms with Crippen LogP contribution < -0.4 is 0 Å². The van der Waals surface area contributed by atoms with Crippen molar-refractivity contribution in [2.45, 2.75) is 178 Å². The Hall–Kier alpha value is -12.2. The molecule has 3 saturated carbocycles. The second kappa shape index (κ2) is 35.8. The molecule has 0 saturated heterocycles. The van der Waals surface area contributed by atoms with Crippen molar-refractivity contribution in [1.29, 1.82) is 0 Å². The number of halogens is 11. The van der Waals surface area contributed by atoms with Gasteiger partial charge in [0.25, 0.3) is 0 Å². The van der Waals surface area contributed by atoms with Crippen molar-refractivity contribution in [2.75, 3.05) is 26.3 Å². The van der Waals surface area contributed by atoms with Crippen molar-refractivity contribution >= 4 is 81.0 Å². The van der Waals surface area contributed by atoms with E-state index in [0.717, 1.165) is 124 Å². The maximum Gasteiger partial charge on any atom is 0.328 e. The second-order valence-corrected chi connectivity index (χ2v) is 36.4. The first-order valence-electron chi connectivity index (χ1n) is 42.6. The Bertz CT molecular complexity index is 6320. The van der Waals surface area contributed by atoms with Gasteiger partial charge in [-0.15, -0.1) is 0 Å². The molecule has 8 atom stereocenters. The summed E-state index contributed by atoms with van der Waals surface area (Å²) in [5.74, 6) is -9.65. The van der Waals surface area contributed by atoms with E-state index >= 15 is 30.7 Å². The molecule has 8 unspecified atom stereocenters. The van der Waals surface area contributed by atoms with Crippen molar-refractivity contribution in [3.63, 3.8) is 0 Å². The molecular formula is C101H99F11N8O8. The molecule has 10 heterocycles. The third kappa shape index (κ3) is 18.5. The zero-order valence-corrected chi connectivity index (χ0v) is 71.9. The molecule has 3 fully saturated rings. The van der Waals surface area contributed by atoms with Gasteiger partial charge < -0.3 is 39.2 Å². The molecule has 128 heavy (non-hydrogen) atoms. The number of benzene rings is 6. The number of carbonyl (C=O) groups is 4. The highest BCUT2D eigenvalue weighted by Crippen LogP contribution is 2.64. The third-order valence-electron chi connectivity index (χ3n) is 25.3. The third-order valence-corrected chi connectivity index (χ3v) is 25.3. The Labute approximate surface area is 732 Å². The fourth-order valence-corrected chi connectivity index (χ4v) is 20.2. The van der Waals surface area contributed by atoms with Crippen molar-refractivity contribution in [3.05, 3.63) is 319 Å². The molecule has 16 nitrogen and oxygen atoms in total. The minimum absolute atomic E-state index is 0.00398. The zero-order valence-electron chi connectivity index (χ0n) is 71.9. The first kappa shape index (κ1) is 90.6. The van der Waals surface area contributed by atoms with E-state index < -0.39 is 118 Å². The Morgan fingerprint density at radius 3 is 1.30 bits per heavy atom. The largest absolute Gasteiger partial charge is 0.478 e. The fourth-order valence-electron chi connectivity index (χ4n) is 20.2. The van der Waals surface area contributed by atoms with Gasteiger partial charge in [0.2, 0.25) is 0 Å². The fraction of sp³-hybridized carbons (Fsp3) is 0.327. The summed E-state index contributed by atoms with van der Waals surface area (Å²) < 4.78 is 170. The van der Waals surface area contributed by atoms with Gasteiger partial charge in [-0.1, -0.05) is 72.8 Å². The van der Waals surface area contributed by atoms with E-state index in [1.165, 1.54) is 99.5 Å². The average Bonchev–Trinajstić information content (AvgIpc) is 0.967. The summed E-state index contributed by atoms with van der Waals surface area (Å²) in [6.45, 7) is 13.3. The minimum Gasteiger partial charge on any atom is -0.478 e.